The number of aromatic nitrogens is 2. The summed E-state index contributed by atoms with van der Waals surface area (Å²) >= 11 is 0. The topological polar surface area (TPSA) is 64.1 Å². The Bertz CT molecular complexity index is 454. The van der Waals surface area contributed by atoms with E-state index in [-0.39, 0.29) is 6.04 Å². The minimum atomic E-state index is -0.486. The van der Waals surface area contributed by atoms with E-state index in [4.69, 9.17) is 4.74 Å². The third-order valence-electron chi connectivity index (χ3n) is 2.98. The van der Waals surface area contributed by atoms with Crippen LogP contribution in [0.1, 0.15) is 57.5 Å². The molecule has 1 heterocycles. The largest absolute Gasteiger partial charge is 0.444 e. The summed E-state index contributed by atoms with van der Waals surface area (Å²) in [5.41, 5.74) is 1.38. The maximum absolute atomic E-state index is 11.9. The summed E-state index contributed by atoms with van der Waals surface area (Å²) in [5, 5.41) is 2.91. The minimum Gasteiger partial charge on any atom is -0.444 e. The van der Waals surface area contributed by atoms with E-state index in [1.165, 1.54) is 0 Å². The van der Waals surface area contributed by atoms with E-state index >= 15 is 0 Å². The molecule has 5 nitrogen and oxygen atoms in total. The van der Waals surface area contributed by atoms with Crippen LogP contribution < -0.4 is 5.32 Å². The van der Waals surface area contributed by atoms with Gasteiger partial charge in [0.15, 0.2) is 0 Å². The molecule has 1 N–H and O–H groups in total. The molecule has 1 aromatic heterocycles. The van der Waals surface area contributed by atoms with Gasteiger partial charge in [-0.3, -0.25) is 9.97 Å². The van der Waals surface area contributed by atoms with E-state index in [1.807, 2.05) is 20.8 Å². The van der Waals surface area contributed by atoms with Crippen LogP contribution in [-0.2, 0) is 11.2 Å². The van der Waals surface area contributed by atoms with E-state index in [0.29, 0.717) is 0 Å². The van der Waals surface area contributed by atoms with Crippen molar-refractivity contribution < 1.29 is 9.53 Å². The van der Waals surface area contributed by atoms with E-state index in [1.54, 1.807) is 12.4 Å². The molecule has 0 fully saturated rings. The van der Waals surface area contributed by atoms with Crippen molar-refractivity contribution in [3.63, 3.8) is 0 Å². The van der Waals surface area contributed by atoms with Gasteiger partial charge in [-0.05, 0) is 40.0 Å². The lowest BCUT2D eigenvalue weighted by atomic mass is 10.1. The Morgan fingerprint density at radius 1 is 1.32 bits per heavy atom. The molecule has 5 heteroatoms. The monoisotopic (exact) mass is 263 g/mol. The zero-order valence-corrected chi connectivity index (χ0v) is 11.8. The highest BCUT2D eigenvalue weighted by Crippen LogP contribution is 2.25. The normalized spacial score (nSPS) is 19.2. The number of alkyl carbamates (subject to hydrolysis) is 1. The SMILES string of the molecule is CC(C)(C)OC(=O)N[C@H]1CCCCc2nccnc21. The summed E-state index contributed by atoms with van der Waals surface area (Å²) in [6, 6.07) is -0.0963. The van der Waals surface area contributed by atoms with Crippen molar-refractivity contribution in [2.75, 3.05) is 0 Å². The van der Waals surface area contributed by atoms with Gasteiger partial charge < -0.3 is 10.1 Å². The second-order valence-corrected chi connectivity index (χ2v) is 5.83. The zero-order chi connectivity index (χ0) is 13.9. The number of ether oxygens (including phenoxy) is 1. The molecule has 1 aliphatic rings. The van der Waals surface area contributed by atoms with Crippen LogP contribution in [0.5, 0.6) is 0 Å². The van der Waals surface area contributed by atoms with Crippen LogP contribution in [0.25, 0.3) is 0 Å². The summed E-state index contributed by atoms with van der Waals surface area (Å²) in [6.45, 7) is 5.56. The van der Waals surface area contributed by atoms with Gasteiger partial charge in [-0.15, -0.1) is 0 Å². The van der Waals surface area contributed by atoms with Crippen molar-refractivity contribution in [3.05, 3.63) is 23.8 Å². The Labute approximate surface area is 113 Å². The Balaban J connectivity index is 2.10. The molecule has 104 valence electrons. The van der Waals surface area contributed by atoms with Crippen LogP contribution >= 0.6 is 0 Å². The van der Waals surface area contributed by atoms with E-state index in [9.17, 15) is 4.79 Å². The molecule has 0 aliphatic heterocycles. The zero-order valence-electron chi connectivity index (χ0n) is 11.8. The number of hydrogen-bond donors (Lipinski definition) is 1. The standard InChI is InChI=1S/C14H21N3O2/c1-14(2,3)19-13(18)17-11-7-5-4-6-10-12(11)16-9-8-15-10/h8-9,11H,4-7H2,1-3H3,(H,17,18)/t11-/m0/s1. The molecule has 0 unspecified atom stereocenters. The highest BCUT2D eigenvalue weighted by molar-refractivity contribution is 5.68. The van der Waals surface area contributed by atoms with Crippen LogP contribution in [0.15, 0.2) is 12.4 Å². The fourth-order valence-corrected chi connectivity index (χ4v) is 2.23. The van der Waals surface area contributed by atoms with Crippen molar-refractivity contribution in [2.24, 2.45) is 0 Å². The van der Waals surface area contributed by atoms with Gasteiger partial charge in [-0.1, -0.05) is 6.42 Å². The molecule has 2 rings (SSSR count). The average molecular weight is 263 g/mol. The van der Waals surface area contributed by atoms with Gasteiger partial charge in [0.1, 0.15) is 5.60 Å². The Kier molecular flexibility index (Phi) is 4.02. The smallest absolute Gasteiger partial charge is 0.408 e. The van der Waals surface area contributed by atoms with Gasteiger partial charge in [0.05, 0.1) is 17.4 Å². The predicted molar refractivity (Wildman–Crippen MR) is 71.7 cm³/mol. The Morgan fingerprint density at radius 2 is 2.05 bits per heavy atom. The molecule has 1 atom stereocenters. The summed E-state index contributed by atoms with van der Waals surface area (Å²) in [4.78, 5) is 20.6. The van der Waals surface area contributed by atoms with E-state index in [0.717, 1.165) is 37.1 Å². The summed E-state index contributed by atoms with van der Waals surface area (Å²) in [7, 11) is 0. The van der Waals surface area contributed by atoms with Gasteiger partial charge in [-0.2, -0.15) is 0 Å². The van der Waals surface area contributed by atoms with E-state index < -0.39 is 11.7 Å². The molecule has 1 amide bonds. The first-order valence-corrected chi connectivity index (χ1v) is 6.75. The van der Waals surface area contributed by atoms with Crippen LogP contribution in [0, 0.1) is 0 Å². The van der Waals surface area contributed by atoms with E-state index in [2.05, 4.69) is 15.3 Å². The van der Waals surface area contributed by atoms with Crippen molar-refractivity contribution in [2.45, 2.75) is 58.1 Å². The lowest BCUT2D eigenvalue weighted by Gasteiger charge is -2.23. The maximum Gasteiger partial charge on any atom is 0.408 e. The quantitative estimate of drug-likeness (QED) is 0.791. The lowest BCUT2D eigenvalue weighted by molar-refractivity contribution is 0.0499. The number of fused-ring (bicyclic) bond motifs is 1. The molecular weight excluding hydrogens is 242 g/mol. The molecule has 0 saturated carbocycles. The minimum absolute atomic E-state index is 0.0963. The van der Waals surface area contributed by atoms with Gasteiger partial charge in [0, 0.05) is 12.4 Å². The summed E-state index contributed by atoms with van der Waals surface area (Å²) in [5.74, 6) is 0. The summed E-state index contributed by atoms with van der Waals surface area (Å²) < 4.78 is 5.30. The fraction of sp³-hybridized carbons (Fsp3) is 0.643. The van der Waals surface area contributed by atoms with Gasteiger partial charge >= 0.3 is 6.09 Å². The Hall–Kier alpha value is -1.65. The van der Waals surface area contributed by atoms with Crippen molar-refractivity contribution >= 4 is 6.09 Å². The van der Waals surface area contributed by atoms with Gasteiger partial charge in [-0.25, -0.2) is 4.79 Å². The van der Waals surface area contributed by atoms with Gasteiger partial charge in [0.25, 0.3) is 0 Å². The molecule has 19 heavy (non-hydrogen) atoms. The molecule has 0 spiro atoms. The molecule has 0 saturated heterocycles. The first-order valence-electron chi connectivity index (χ1n) is 6.75. The number of aryl methyl sites for hydroxylation is 1. The van der Waals surface area contributed by atoms with Crippen LogP contribution in [0.3, 0.4) is 0 Å². The van der Waals surface area contributed by atoms with Crippen molar-refractivity contribution in [1.29, 1.82) is 0 Å². The number of hydrogen-bond acceptors (Lipinski definition) is 4. The number of rotatable bonds is 1. The average Bonchev–Trinajstić information content (AvgIpc) is 2.50. The third kappa shape index (κ3) is 3.91. The molecule has 0 radical (unpaired) electrons. The highest BCUT2D eigenvalue weighted by atomic mass is 16.6. The van der Waals surface area contributed by atoms with Gasteiger partial charge in [0.2, 0.25) is 0 Å². The number of nitrogens with zero attached hydrogens (tertiary/aromatic N) is 2. The van der Waals surface area contributed by atoms with Crippen molar-refractivity contribution in [1.82, 2.24) is 15.3 Å². The molecule has 0 aromatic carbocycles. The maximum atomic E-state index is 11.9. The number of carbonyl (C=O) groups is 1. The first-order chi connectivity index (χ1) is 8.96. The number of amides is 1. The van der Waals surface area contributed by atoms with Crippen LogP contribution in [0.4, 0.5) is 4.79 Å². The third-order valence-corrected chi connectivity index (χ3v) is 2.98. The molecular formula is C14H21N3O2. The highest BCUT2D eigenvalue weighted by Gasteiger charge is 2.24. The van der Waals surface area contributed by atoms with Crippen LogP contribution in [-0.4, -0.2) is 21.7 Å². The second-order valence-electron chi connectivity index (χ2n) is 5.83. The number of carbonyl (C=O) groups excluding carboxylic acids is 1. The Morgan fingerprint density at radius 3 is 2.79 bits per heavy atom. The molecule has 1 aromatic rings. The molecule has 0 bridgehead atoms. The first kappa shape index (κ1) is 13.8. The summed E-state index contributed by atoms with van der Waals surface area (Å²) in [6.07, 6.45) is 6.93. The fourth-order valence-electron chi connectivity index (χ4n) is 2.23. The molecule has 1 aliphatic carbocycles. The van der Waals surface area contributed by atoms with Crippen molar-refractivity contribution in [3.8, 4) is 0 Å². The predicted octanol–water partition coefficient (Wildman–Crippen LogP) is 2.77. The lowest BCUT2D eigenvalue weighted by Crippen LogP contribution is -2.35. The van der Waals surface area contributed by atoms with Crippen LogP contribution in [0.2, 0.25) is 0 Å². The second kappa shape index (κ2) is 5.55. The number of nitrogens with one attached hydrogen (secondary N) is 1.